The van der Waals surface area contributed by atoms with Crippen LogP contribution in [0.2, 0.25) is 0 Å². The zero-order valence-corrected chi connectivity index (χ0v) is 12.0. The second kappa shape index (κ2) is 6.84. The van der Waals surface area contributed by atoms with Gasteiger partial charge in [0.15, 0.2) is 0 Å². The first kappa shape index (κ1) is 17.1. The Labute approximate surface area is 108 Å². The molecular formula is C11H20O6S. The third-order valence-electron chi connectivity index (χ3n) is 1.66. The highest BCUT2D eigenvalue weighted by molar-refractivity contribution is 7.85. The normalized spacial score (nSPS) is 12.2. The minimum absolute atomic E-state index is 0.0567. The first-order chi connectivity index (χ1) is 7.99. The van der Waals surface area contributed by atoms with E-state index in [4.69, 9.17) is 4.74 Å². The molecule has 7 heteroatoms. The number of hydrogen-bond donors (Lipinski definition) is 0. The molecule has 0 saturated carbocycles. The molecular weight excluding hydrogens is 260 g/mol. The zero-order chi connectivity index (χ0) is 14.4. The Bertz CT molecular complexity index is 390. The van der Waals surface area contributed by atoms with Crippen LogP contribution in [0.5, 0.6) is 0 Å². The number of carbonyl (C=O) groups is 2. The fourth-order valence-electron chi connectivity index (χ4n) is 1.11. The fraction of sp³-hybridized carbons (Fsp3) is 0.818. The molecule has 0 radical (unpaired) electrons. The van der Waals surface area contributed by atoms with Crippen LogP contribution in [0.4, 0.5) is 0 Å². The highest BCUT2D eigenvalue weighted by Gasteiger charge is 2.18. The second-order valence-electron chi connectivity index (χ2n) is 4.93. The van der Waals surface area contributed by atoms with E-state index in [-0.39, 0.29) is 31.7 Å². The maximum Gasteiger partial charge on any atom is 0.313 e. The lowest BCUT2D eigenvalue weighted by atomic mass is 10.1. The van der Waals surface area contributed by atoms with Gasteiger partial charge in [-0.05, 0) is 27.2 Å². The number of hydrogen-bond acceptors (Lipinski definition) is 6. The summed E-state index contributed by atoms with van der Waals surface area (Å²) in [6.07, 6.45) is 0.995. The summed E-state index contributed by atoms with van der Waals surface area (Å²) in [5.74, 6) is -0.863. The molecule has 0 spiro atoms. The minimum Gasteiger partial charge on any atom is -0.460 e. The monoisotopic (exact) mass is 280 g/mol. The van der Waals surface area contributed by atoms with Gasteiger partial charge in [0.1, 0.15) is 17.8 Å². The Morgan fingerprint density at radius 1 is 1.17 bits per heavy atom. The van der Waals surface area contributed by atoms with Gasteiger partial charge in [0.25, 0.3) is 10.1 Å². The van der Waals surface area contributed by atoms with E-state index in [1.54, 1.807) is 20.8 Å². The van der Waals surface area contributed by atoms with Crippen molar-refractivity contribution in [3.63, 3.8) is 0 Å². The van der Waals surface area contributed by atoms with Crippen LogP contribution in [0.1, 0.15) is 40.0 Å². The molecule has 0 aromatic heterocycles. The molecule has 0 aliphatic rings. The predicted molar refractivity (Wildman–Crippen MR) is 65.5 cm³/mol. The Balaban J connectivity index is 3.82. The summed E-state index contributed by atoms with van der Waals surface area (Å²) in [6, 6.07) is 0. The lowest BCUT2D eigenvalue weighted by Gasteiger charge is -2.19. The van der Waals surface area contributed by atoms with E-state index < -0.39 is 21.7 Å². The number of ether oxygens (including phenoxy) is 1. The molecule has 0 unspecified atom stereocenters. The lowest BCUT2D eigenvalue weighted by Crippen LogP contribution is -2.25. The highest BCUT2D eigenvalue weighted by atomic mass is 32.2. The Morgan fingerprint density at radius 3 is 2.17 bits per heavy atom. The molecule has 0 amide bonds. The molecule has 106 valence electrons. The van der Waals surface area contributed by atoms with E-state index in [0.717, 1.165) is 6.26 Å². The summed E-state index contributed by atoms with van der Waals surface area (Å²) in [5, 5.41) is 0. The topological polar surface area (TPSA) is 86.7 Å². The number of carbonyl (C=O) groups excluding carboxylic acids is 2. The third-order valence-corrected chi connectivity index (χ3v) is 2.25. The van der Waals surface area contributed by atoms with Gasteiger partial charge in [-0.3, -0.25) is 13.8 Å². The van der Waals surface area contributed by atoms with Gasteiger partial charge in [-0.2, -0.15) is 8.42 Å². The van der Waals surface area contributed by atoms with E-state index in [9.17, 15) is 18.0 Å². The van der Waals surface area contributed by atoms with Crippen LogP contribution in [-0.2, 0) is 28.6 Å². The molecule has 0 atom stereocenters. The molecule has 6 nitrogen and oxygen atoms in total. The van der Waals surface area contributed by atoms with Crippen molar-refractivity contribution in [3.8, 4) is 0 Å². The Hall–Kier alpha value is -0.950. The van der Waals surface area contributed by atoms with Crippen molar-refractivity contribution in [3.05, 3.63) is 0 Å². The number of rotatable bonds is 7. The van der Waals surface area contributed by atoms with Crippen molar-refractivity contribution in [2.45, 2.75) is 45.6 Å². The highest BCUT2D eigenvalue weighted by Crippen LogP contribution is 2.09. The first-order valence-corrected chi connectivity index (χ1v) is 7.39. The van der Waals surface area contributed by atoms with Gasteiger partial charge >= 0.3 is 5.97 Å². The van der Waals surface area contributed by atoms with Gasteiger partial charge in [-0.15, -0.1) is 0 Å². The van der Waals surface area contributed by atoms with E-state index >= 15 is 0 Å². The average molecular weight is 280 g/mol. The van der Waals surface area contributed by atoms with Gasteiger partial charge in [-0.1, -0.05) is 0 Å². The number of esters is 1. The average Bonchev–Trinajstić information content (AvgIpc) is 2.07. The van der Waals surface area contributed by atoms with Crippen LogP contribution < -0.4 is 0 Å². The van der Waals surface area contributed by atoms with E-state index in [0.29, 0.717) is 0 Å². The van der Waals surface area contributed by atoms with Crippen molar-refractivity contribution < 1.29 is 26.9 Å². The van der Waals surface area contributed by atoms with Crippen LogP contribution >= 0.6 is 0 Å². The van der Waals surface area contributed by atoms with Gasteiger partial charge in [0.2, 0.25) is 0 Å². The zero-order valence-electron chi connectivity index (χ0n) is 11.2. The first-order valence-electron chi connectivity index (χ1n) is 5.57. The van der Waals surface area contributed by atoms with Crippen molar-refractivity contribution >= 4 is 21.9 Å². The smallest absolute Gasteiger partial charge is 0.313 e. The summed E-state index contributed by atoms with van der Waals surface area (Å²) in [6.45, 7) is 5.10. The van der Waals surface area contributed by atoms with Crippen molar-refractivity contribution in [1.29, 1.82) is 0 Å². The van der Waals surface area contributed by atoms with E-state index in [1.807, 2.05) is 0 Å². The second-order valence-corrected chi connectivity index (χ2v) is 6.58. The van der Waals surface area contributed by atoms with Gasteiger partial charge in [-0.25, -0.2) is 0 Å². The molecule has 0 saturated heterocycles. The third kappa shape index (κ3) is 11.5. The van der Waals surface area contributed by atoms with Crippen LogP contribution in [0, 0.1) is 0 Å². The molecule has 0 aromatic rings. The molecule has 0 bridgehead atoms. The Morgan fingerprint density at radius 2 is 1.72 bits per heavy atom. The van der Waals surface area contributed by atoms with Crippen LogP contribution in [-0.4, -0.2) is 38.6 Å². The SMILES string of the molecule is CC(C)(C)OC(=O)CC(=O)CCCOS(C)(=O)=O. The maximum atomic E-state index is 11.4. The molecule has 0 rings (SSSR count). The van der Waals surface area contributed by atoms with Gasteiger partial charge in [0.05, 0.1) is 12.9 Å². The van der Waals surface area contributed by atoms with Crippen LogP contribution in [0.3, 0.4) is 0 Å². The predicted octanol–water partition coefficient (Wildman–Crippen LogP) is 1.04. The summed E-state index contributed by atoms with van der Waals surface area (Å²) >= 11 is 0. The van der Waals surface area contributed by atoms with Crippen molar-refractivity contribution in [2.24, 2.45) is 0 Å². The number of ketones is 1. The number of Topliss-reactive ketones (excluding diaryl/α,β-unsaturated/α-hetero) is 1. The molecule has 0 fully saturated rings. The van der Waals surface area contributed by atoms with E-state index in [2.05, 4.69) is 4.18 Å². The summed E-state index contributed by atoms with van der Waals surface area (Å²) < 4.78 is 30.7. The molecule has 0 N–H and O–H groups in total. The maximum absolute atomic E-state index is 11.4. The molecule has 0 aliphatic carbocycles. The lowest BCUT2D eigenvalue weighted by molar-refractivity contribution is -0.156. The minimum atomic E-state index is -3.47. The summed E-state index contributed by atoms with van der Waals surface area (Å²) in [7, 11) is -3.47. The fourth-order valence-corrected chi connectivity index (χ4v) is 1.53. The van der Waals surface area contributed by atoms with Crippen molar-refractivity contribution in [2.75, 3.05) is 12.9 Å². The molecule has 0 aromatic carbocycles. The van der Waals surface area contributed by atoms with Crippen LogP contribution in [0.15, 0.2) is 0 Å². The van der Waals surface area contributed by atoms with Gasteiger partial charge in [0, 0.05) is 6.42 Å². The van der Waals surface area contributed by atoms with Crippen molar-refractivity contribution in [1.82, 2.24) is 0 Å². The quantitative estimate of drug-likeness (QED) is 0.300. The summed E-state index contributed by atoms with van der Waals surface area (Å²) in [5.41, 5.74) is -0.614. The standard InChI is InChI=1S/C11H20O6S/c1-11(2,3)17-10(13)8-9(12)6-5-7-16-18(4,14)15/h5-8H2,1-4H3. The molecule has 0 aliphatic heterocycles. The van der Waals surface area contributed by atoms with Crippen LogP contribution in [0.25, 0.3) is 0 Å². The van der Waals surface area contributed by atoms with Gasteiger partial charge < -0.3 is 4.74 Å². The Kier molecular flexibility index (Phi) is 6.48. The molecule has 0 heterocycles. The largest absolute Gasteiger partial charge is 0.460 e. The summed E-state index contributed by atoms with van der Waals surface area (Å²) in [4.78, 5) is 22.6. The molecule has 18 heavy (non-hydrogen) atoms. The van der Waals surface area contributed by atoms with E-state index in [1.165, 1.54) is 0 Å².